The largest absolute Gasteiger partial charge is 0.481 e. The summed E-state index contributed by atoms with van der Waals surface area (Å²) in [6.45, 7) is 21.1. The number of carboxylic acid groups (broad SMARTS) is 2. The van der Waals surface area contributed by atoms with Crippen molar-refractivity contribution in [3.63, 3.8) is 0 Å². The predicted octanol–water partition coefficient (Wildman–Crippen LogP) is 15.3. The molecule has 0 aromatic rings. The van der Waals surface area contributed by atoms with Gasteiger partial charge in [-0.1, -0.05) is 171 Å². The molecular formula is C36H82O6S8. The van der Waals surface area contributed by atoms with Crippen molar-refractivity contribution in [1.82, 2.24) is 0 Å². The number of hydrogen-bond donors (Lipinski definition) is 7. The first-order valence-electron chi connectivity index (χ1n) is 17.4. The Labute approximate surface area is 349 Å². The first-order chi connectivity index (χ1) is 22.9. The minimum Gasteiger partial charge on any atom is -0.481 e. The number of rotatable bonds is 25. The van der Waals surface area contributed by atoms with Crippen molar-refractivity contribution >= 4 is 104 Å². The molecule has 310 valence electrons. The first kappa shape index (κ1) is 69.2. The van der Waals surface area contributed by atoms with E-state index in [9.17, 15) is 9.59 Å². The third-order valence-corrected chi connectivity index (χ3v) is 12.5. The van der Waals surface area contributed by atoms with Crippen LogP contribution in [-0.2, 0) is 14.5 Å². The number of carbonyl (C=O) groups is 2. The maximum atomic E-state index is 9.86. The fraction of sp³-hybridized carbons (Fsp3) is 0.889. The van der Waals surface area contributed by atoms with Crippen LogP contribution in [0, 0.1) is 0 Å². The molecular weight excluding hydrogens is 785 g/mol. The molecule has 0 aliphatic carbocycles. The lowest BCUT2D eigenvalue weighted by Crippen LogP contribution is -2.04. The lowest BCUT2D eigenvalue weighted by atomic mass is 10.2. The Morgan fingerprint density at radius 1 is 0.580 bits per heavy atom. The summed E-state index contributed by atoms with van der Waals surface area (Å²) >= 11 is 15.2. The molecule has 0 atom stereocenters. The second-order valence-corrected chi connectivity index (χ2v) is 17.4. The van der Waals surface area contributed by atoms with Crippen molar-refractivity contribution in [1.29, 1.82) is 0 Å². The summed E-state index contributed by atoms with van der Waals surface area (Å²) in [5, 5.41) is 26.6. The van der Waals surface area contributed by atoms with E-state index in [1.807, 2.05) is 0 Å². The van der Waals surface area contributed by atoms with Crippen LogP contribution in [0.4, 0.5) is 0 Å². The maximum Gasteiger partial charge on any atom is 0.314 e. The molecule has 0 aromatic carbocycles. The van der Waals surface area contributed by atoms with E-state index >= 15 is 0 Å². The lowest BCUT2D eigenvalue weighted by Gasteiger charge is -2.19. The molecule has 0 saturated carbocycles. The molecule has 0 radical (unpaired) electrons. The minimum absolute atomic E-state index is 0. The van der Waals surface area contributed by atoms with E-state index in [0.717, 1.165) is 38.3 Å². The van der Waals surface area contributed by atoms with E-state index < -0.39 is 11.9 Å². The van der Waals surface area contributed by atoms with Gasteiger partial charge in [-0.2, -0.15) is 25.3 Å². The average molecular weight is 868 g/mol. The van der Waals surface area contributed by atoms with E-state index in [0.29, 0.717) is 10.5 Å². The highest BCUT2D eigenvalue weighted by molar-refractivity contribution is 8.77. The summed E-state index contributed by atoms with van der Waals surface area (Å²) in [6, 6.07) is 0. The van der Waals surface area contributed by atoms with Crippen LogP contribution in [0.5, 0.6) is 0 Å². The molecule has 0 aliphatic rings. The highest BCUT2D eigenvalue weighted by atomic mass is 33.1. The van der Waals surface area contributed by atoms with Crippen LogP contribution in [0.2, 0.25) is 0 Å². The van der Waals surface area contributed by atoms with Gasteiger partial charge in [-0.05, 0) is 51.4 Å². The minimum atomic E-state index is -0.928. The van der Waals surface area contributed by atoms with E-state index in [4.69, 9.17) is 15.5 Å². The third kappa shape index (κ3) is 78.4. The maximum absolute atomic E-state index is 9.86. The molecule has 0 amide bonds. The highest BCUT2D eigenvalue weighted by Crippen LogP contribution is 2.38. The molecule has 0 aliphatic heterocycles. The molecule has 3 N–H and O–H groups in total. The SMILES string of the molecule is C.C.C=COO.CCCC(CCC)SSC(CCC)CCC.CCCC(S)CCC.CCCC(S)CCC.O=C(O)CSSCC(=O)O.SS. The molecule has 0 aromatic heterocycles. The molecule has 0 heterocycles. The lowest BCUT2D eigenvalue weighted by molar-refractivity contribution is -0.186. The predicted molar refractivity (Wildman–Crippen MR) is 253 cm³/mol. The van der Waals surface area contributed by atoms with Gasteiger partial charge in [0, 0.05) is 21.0 Å². The fourth-order valence-corrected chi connectivity index (χ4v) is 9.98. The Hall–Kier alpha value is 1.24. The summed E-state index contributed by atoms with van der Waals surface area (Å²) in [4.78, 5) is 23.0. The first-order valence-corrected chi connectivity index (χ1v) is 24.8. The quantitative estimate of drug-likeness (QED) is 0.0120. The van der Waals surface area contributed by atoms with Crippen LogP contribution in [0.1, 0.15) is 173 Å². The highest BCUT2D eigenvalue weighted by Gasteiger charge is 2.13. The van der Waals surface area contributed by atoms with Gasteiger partial charge in [0.25, 0.3) is 0 Å². The second kappa shape index (κ2) is 65.1. The number of carboxylic acids is 2. The molecule has 0 fully saturated rings. The standard InChI is InChI=1S/C14H30S2.2C7H16S.C4H6O4S2.C2H4O2.2CH4.H2S2/c1-5-9-13(10-6-2)15-16-14(11-7-3)12-8-4;2*1-3-5-7(8)6-4-2;5-3(6)1-9-10-2-4(7)8;1-2-4-3;;;1-2/h13-14H,5-12H2,1-4H3;2*7-8H,3-6H2,1-2H3;1-2H2,(H,5,6)(H,7,8);2-3H,1H2;2*1H4;1-2H. The van der Waals surface area contributed by atoms with Gasteiger partial charge < -0.3 is 15.1 Å². The smallest absolute Gasteiger partial charge is 0.314 e. The van der Waals surface area contributed by atoms with Gasteiger partial charge in [0.2, 0.25) is 0 Å². The van der Waals surface area contributed by atoms with E-state index in [-0.39, 0.29) is 26.4 Å². The Morgan fingerprint density at radius 2 is 0.780 bits per heavy atom. The molecule has 6 nitrogen and oxygen atoms in total. The van der Waals surface area contributed by atoms with E-state index in [2.05, 4.69) is 137 Å². The normalized spacial score (nSPS) is 9.46. The van der Waals surface area contributed by atoms with Crippen LogP contribution < -0.4 is 0 Å². The van der Waals surface area contributed by atoms with Crippen LogP contribution in [0.3, 0.4) is 0 Å². The topological polar surface area (TPSA) is 104 Å². The average Bonchev–Trinajstić information content (AvgIpc) is 3.05. The number of aliphatic carboxylic acids is 2. The molecule has 0 bridgehead atoms. The molecule has 0 rings (SSSR count). The van der Waals surface area contributed by atoms with Gasteiger partial charge in [-0.3, -0.25) is 9.59 Å². The molecule has 14 heteroatoms. The fourth-order valence-electron chi connectivity index (χ4n) is 3.73. The zero-order valence-corrected chi connectivity index (χ0v) is 38.2. The Balaban J connectivity index is -0.0000000760. The van der Waals surface area contributed by atoms with Gasteiger partial charge in [-0.25, -0.2) is 5.26 Å². The van der Waals surface area contributed by atoms with Gasteiger partial charge in [0.15, 0.2) is 0 Å². The number of hydrogen-bond acceptors (Lipinski definition) is 12. The van der Waals surface area contributed by atoms with Crippen LogP contribution in [0.15, 0.2) is 12.8 Å². The van der Waals surface area contributed by atoms with Gasteiger partial charge >= 0.3 is 11.9 Å². The van der Waals surface area contributed by atoms with Crippen molar-refractivity contribution in [3.05, 3.63) is 12.8 Å². The van der Waals surface area contributed by atoms with Crippen LogP contribution in [-0.4, -0.2) is 59.9 Å². The second-order valence-electron chi connectivity index (χ2n) is 10.6. The third-order valence-electron chi connectivity index (χ3n) is 5.78. The van der Waals surface area contributed by atoms with Crippen LogP contribution >= 0.6 is 91.8 Å². The monoisotopic (exact) mass is 866 g/mol. The Bertz CT molecular complexity index is 541. The van der Waals surface area contributed by atoms with E-state index in [1.165, 1.54) is 103 Å². The van der Waals surface area contributed by atoms with Crippen molar-refractivity contribution in [2.24, 2.45) is 0 Å². The van der Waals surface area contributed by atoms with Crippen molar-refractivity contribution in [3.8, 4) is 0 Å². The van der Waals surface area contributed by atoms with E-state index in [1.54, 1.807) is 0 Å². The van der Waals surface area contributed by atoms with Gasteiger partial charge in [0.05, 0.1) is 0 Å². The van der Waals surface area contributed by atoms with Crippen molar-refractivity contribution in [2.45, 2.75) is 194 Å². The molecule has 0 saturated heterocycles. The molecule has 0 unspecified atom stereocenters. The summed E-state index contributed by atoms with van der Waals surface area (Å²) in [5.41, 5.74) is 0. The summed E-state index contributed by atoms with van der Waals surface area (Å²) in [5.74, 6) is -1.97. The summed E-state index contributed by atoms with van der Waals surface area (Å²) < 4.78 is 0. The Morgan fingerprint density at radius 3 is 0.920 bits per heavy atom. The summed E-state index contributed by atoms with van der Waals surface area (Å²) in [7, 11) is 6.40. The summed E-state index contributed by atoms with van der Waals surface area (Å²) in [6.07, 6.45) is 22.1. The van der Waals surface area contributed by atoms with Crippen LogP contribution in [0.25, 0.3) is 0 Å². The number of thiol groups is 4. The zero-order valence-electron chi connectivity index (χ0n) is 31.3. The molecule has 0 spiro atoms. The Kier molecular flexibility index (Phi) is 90.1. The molecule has 50 heavy (non-hydrogen) atoms. The van der Waals surface area contributed by atoms with Crippen molar-refractivity contribution in [2.75, 3.05) is 11.5 Å². The van der Waals surface area contributed by atoms with Gasteiger partial charge in [-0.15, -0.1) is 23.3 Å². The van der Waals surface area contributed by atoms with Crippen molar-refractivity contribution < 1.29 is 29.9 Å². The van der Waals surface area contributed by atoms with Gasteiger partial charge in [0.1, 0.15) is 17.8 Å². The zero-order chi connectivity index (χ0) is 38.4.